The summed E-state index contributed by atoms with van der Waals surface area (Å²) in [4.78, 5) is 29.8. The Hall–Kier alpha value is -5.22. The highest BCUT2D eigenvalue weighted by molar-refractivity contribution is 6.17. The lowest BCUT2D eigenvalue weighted by Crippen LogP contribution is -2.21. The van der Waals surface area contributed by atoms with Gasteiger partial charge in [0.05, 0.1) is 21.8 Å². The van der Waals surface area contributed by atoms with E-state index in [1.165, 1.54) is 49.0 Å². The Morgan fingerprint density at radius 3 is 0.946 bits per heavy atom. The summed E-state index contributed by atoms with van der Waals surface area (Å²) in [6.07, 6.45) is 0. The van der Waals surface area contributed by atoms with E-state index in [1.54, 1.807) is 0 Å². The van der Waals surface area contributed by atoms with Crippen molar-refractivity contribution in [3.05, 3.63) is 139 Å². The van der Waals surface area contributed by atoms with Gasteiger partial charge in [0.25, 0.3) is 11.1 Å². The standard InChI is InChI=1S/C52H56N2O2/c1-27(2)33-21-39(29(5)6)47(40(22-33)30(7)8)43-25-45-49(37-19-15-13-17-35(37)43)53-50-38-20-16-14-18-36(38)44(26-46(50)52(56)54(53)51(45)55)48-41(31(9)10)23-34(28(3)4)24-42(48)32(11)12/h13-32H,1-12H3. The topological polar surface area (TPSA) is 43.0 Å². The fourth-order valence-electron chi connectivity index (χ4n) is 9.26. The zero-order chi connectivity index (χ0) is 40.1. The van der Waals surface area contributed by atoms with Crippen molar-refractivity contribution in [2.45, 2.75) is 119 Å². The van der Waals surface area contributed by atoms with Gasteiger partial charge in [0.2, 0.25) is 0 Å². The molecule has 56 heavy (non-hydrogen) atoms. The number of hydrogen-bond donors (Lipinski definition) is 0. The summed E-state index contributed by atoms with van der Waals surface area (Å²) < 4.78 is 3.35. The molecule has 0 aliphatic rings. The molecule has 2 heterocycles. The second-order valence-electron chi connectivity index (χ2n) is 18.0. The van der Waals surface area contributed by atoms with Crippen molar-refractivity contribution in [3.63, 3.8) is 0 Å². The fourth-order valence-corrected chi connectivity index (χ4v) is 9.26. The van der Waals surface area contributed by atoms with Gasteiger partial charge in [0, 0.05) is 10.8 Å². The molecule has 6 aromatic carbocycles. The molecule has 0 aliphatic carbocycles. The van der Waals surface area contributed by atoms with E-state index in [9.17, 15) is 9.59 Å². The van der Waals surface area contributed by atoms with Crippen molar-refractivity contribution in [3.8, 4) is 22.3 Å². The smallest absolute Gasteiger partial charge is 0.267 e. The second kappa shape index (κ2) is 13.8. The van der Waals surface area contributed by atoms with Crippen molar-refractivity contribution in [2.24, 2.45) is 0 Å². The minimum atomic E-state index is -0.276. The van der Waals surface area contributed by atoms with Crippen molar-refractivity contribution in [2.75, 3.05) is 0 Å². The molecule has 8 rings (SSSR count). The maximum absolute atomic E-state index is 14.9. The third-order valence-corrected chi connectivity index (χ3v) is 12.3. The summed E-state index contributed by atoms with van der Waals surface area (Å²) in [7, 11) is 0. The van der Waals surface area contributed by atoms with E-state index in [1.807, 2.05) is 4.52 Å². The number of aromatic nitrogens is 2. The Labute approximate surface area is 331 Å². The van der Waals surface area contributed by atoms with Gasteiger partial charge in [-0.1, -0.05) is 156 Å². The first-order valence-corrected chi connectivity index (χ1v) is 20.8. The van der Waals surface area contributed by atoms with E-state index in [0.717, 1.165) is 43.7 Å². The SMILES string of the molecule is CC(C)c1cc(C(C)C)c(-c2cc3c(=O)n4c(=O)c5cc(-c6c(C(C)C)cc(C(C)C)cc6C(C)C)c6ccccc6c5n4c3c3ccccc23)c(C(C)C)c1. The van der Waals surface area contributed by atoms with E-state index in [0.29, 0.717) is 22.6 Å². The third-order valence-electron chi connectivity index (χ3n) is 12.3. The average Bonchev–Trinajstić information content (AvgIpc) is 3.63. The molecule has 0 N–H and O–H groups in total. The first-order valence-electron chi connectivity index (χ1n) is 20.8. The number of fused-ring (bicyclic) bond motifs is 9. The number of benzene rings is 6. The molecule has 0 saturated carbocycles. The summed E-state index contributed by atoms with van der Waals surface area (Å²) in [5.74, 6) is 1.90. The predicted molar refractivity (Wildman–Crippen MR) is 240 cm³/mol. The lowest BCUT2D eigenvalue weighted by Gasteiger charge is -2.24. The quantitative estimate of drug-likeness (QED) is 0.156. The highest BCUT2D eigenvalue weighted by atomic mass is 16.2. The minimum Gasteiger partial charge on any atom is -0.267 e. The van der Waals surface area contributed by atoms with E-state index in [4.69, 9.17) is 0 Å². The molecule has 0 bridgehead atoms. The van der Waals surface area contributed by atoms with Crippen LogP contribution in [0, 0.1) is 0 Å². The summed E-state index contributed by atoms with van der Waals surface area (Å²) in [5, 5.41) is 5.23. The van der Waals surface area contributed by atoms with E-state index >= 15 is 0 Å². The highest BCUT2D eigenvalue weighted by Crippen LogP contribution is 2.46. The molecule has 0 fully saturated rings. The Morgan fingerprint density at radius 2 is 0.661 bits per heavy atom. The van der Waals surface area contributed by atoms with Crippen LogP contribution in [0.2, 0.25) is 0 Å². The van der Waals surface area contributed by atoms with Crippen LogP contribution >= 0.6 is 0 Å². The van der Waals surface area contributed by atoms with Gasteiger partial charge < -0.3 is 0 Å². The molecule has 0 atom stereocenters. The first kappa shape index (κ1) is 37.7. The summed E-state index contributed by atoms with van der Waals surface area (Å²) in [6, 6.07) is 30.6. The van der Waals surface area contributed by atoms with Gasteiger partial charge in [-0.3, -0.25) is 9.59 Å². The van der Waals surface area contributed by atoms with Crippen LogP contribution in [-0.2, 0) is 0 Å². The lowest BCUT2D eigenvalue weighted by molar-refractivity contribution is 0.807. The Balaban J connectivity index is 1.54. The lowest BCUT2D eigenvalue weighted by atomic mass is 9.80. The van der Waals surface area contributed by atoms with Crippen LogP contribution in [-0.4, -0.2) is 9.03 Å². The van der Waals surface area contributed by atoms with Crippen LogP contribution in [0.4, 0.5) is 0 Å². The fraction of sp³-hybridized carbons (Fsp3) is 0.346. The van der Waals surface area contributed by atoms with Crippen LogP contribution in [0.5, 0.6) is 0 Å². The van der Waals surface area contributed by atoms with Crippen LogP contribution in [0.3, 0.4) is 0 Å². The number of rotatable bonds is 8. The molecule has 0 unspecified atom stereocenters. The highest BCUT2D eigenvalue weighted by Gasteiger charge is 2.28. The van der Waals surface area contributed by atoms with Gasteiger partial charge in [-0.05, 0) is 114 Å². The zero-order valence-corrected chi connectivity index (χ0v) is 35.3. The van der Waals surface area contributed by atoms with Crippen molar-refractivity contribution < 1.29 is 0 Å². The summed E-state index contributed by atoms with van der Waals surface area (Å²) in [6.45, 7) is 27.1. The van der Waals surface area contributed by atoms with E-state index in [2.05, 4.69) is 168 Å². The molecule has 0 saturated heterocycles. The normalized spacial score (nSPS) is 12.7. The molecular weight excluding hydrogens is 685 g/mol. The molecule has 0 spiro atoms. The molecule has 4 nitrogen and oxygen atoms in total. The Kier molecular flexibility index (Phi) is 9.26. The maximum Gasteiger partial charge on any atom is 0.282 e. The maximum atomic E-state index is 14.9. The predicted octanol–water partition coefficient (Wildman–Crippen LogP) is 13.9. The third kappa shape index (κ3) is 5.62. The van der Waals surface area contributed by atoms with Crippen LogP contribution in [0.25, 0.3) is 65.6 Å². The molecule has 0 radical (unpaired) electrons. The zero-order valence-electron chi connectivity index (χ0n) is 35.3. The van der Waals surface area contributed by atoms with Crippen molar-refractivity contribution in [1.82, 2.24) is 9.03 Å². The minimum absolute atomic E-state index is 0.276. The molecule has 0 amide bonds. The molecule has 8 aromatic rings. The van der Waals surface area contributed by atoms with Gasteiger partial charge in [-0.15, -0.1) is 0 Å². The van der Waals surface area contributed by atoms with Gasteiger partial charge in [0.15, 0.2) is 0 Å². The van der Waals surface area contributed by atoms with Crippen LogP contribution < -0.4 is 11.1 Å². The van der Waals surface area contributed by atoms with Gasteiger partial charge in [-0.2, -0.15) is 4.52 Å². The van der Waals surface area contributed by atoms with Gasteiger partial charge in [-0.25, -0.2) is 4.52 Å². The van der Waals surface area contributed by atoms with E-state index in [-0.39, 0.29) is 34.8 Å². The molecule has 0 aliphatic heterocycles. The number of hydrogen-bond acceptors (Lipinski definition) is 2. The summed E-state index contributed by atoms with van der Waals surface area (Å²) >= 11 is 0. The van der Waals surface area contributed by atoms with Crippen molar-refractivity contribution in [1.29, 1.82) is 0 Å². The molecule has 286 valence electrons. The molecule has 4 heteroatoms. The largest absolute Gasteiger partial charge is 0.282 e. The first-order chi connectivity index (χ1) is 26.6. The van der Waals surface area contributed by atoms with Crippen molar-refractivity contribution >= 4 is 43.4 Å². The van der Waals surface area contributed by atoms with Gasteiger partial charge in [0.1, 0.15) is 0 Å². The van der Waals surface area contributed by atoms with Crippen LogP contribution in [0.15, 0.2) is 94.5 Å². The monoisotopic (exact) mass is 740 g/mol. The molecule has 2 aromatic heterocycles. The number of nitrogens with zero attached hydrogens (tertiary/aromatic N) is 2. The molecular formula is C52H56N2O2. The Bertz CT molecular complexity index is 2710. The van der Waals surface area contributed by atoms with E-state index < -0.39 is 0 Å². The Morgan fingerprint density at radius 1 is 0.357 bits per heavy atom. The average molecular weight is 741 g/mol. The van der Waals surface area contributed by atoms with Crippen LogP contribution in [0.1, 0.15) is 152 Å². The summed E-state index contributed by atoms with van der Waals surface area (Å²) in [5.41, 5.74) is 13.4. The van der Waals surface area contributed by atoms with Gasteiger partial charge >= 0.3 is 0 Å². The second-order valence-corrected chi connectivity index (χ2v) is 18.0.